The van der Waals surface area contributed by atoms with Gasteiger partial charge in [-0.15, -0.1) is 0 Å². The van der Waals surface area contributed by atoms with Gasteiger partial charge in [0.2, 0.25) is 0 Å². The summed E-state index contributed by atoms with van der Waals surface area (Å²) in [5.41, 5.74) is 1.64. The number of nitrogens with zero attached hydrogens (tertiary/aromatic N) is 3. The molecule has 1 aromatic carbocycles. The Bertz CT molecular complexity index is 589. The molecule has 1 aliphatic heterocycles. The Balaban J connectivity index is 2.10. The highest BCUT2D eigenvalue weighted by Crippen LogP contribution is 2.32. The standard InChI is InChI=1S/C12H9Cl2N3/c13-9-4-2-1-3-8(9)10-7-11(14)17-12(16-10)5-6-15-17/h1-6,11H,7H2. The van der Waals surface area contributed by atoms with Crippen LogP contribution in [0.5, 0.6) is 0 Å². The van der Waals surface area contributed by atoms with Crippen LogP contribution < -0.4 is 0 Å². The van der Waals surface area contributed by atoms with E-state index >= 15 is 0 Å². The van der Waals surface area contributed by atoms with Gasteiger partial charge >= 0.3 is 0 Å². The van der Waals surface area contributed by atoms with Crippen molar-refractivity contribution in [3.8, 4) is 0 Å². The molecule has 1 unspecified atom stereocenters. The summed E-state index contributed by atoms with van der Waals surface area (Å²) >= 11 is 12.4. The van der Waals surface area contributed by atoms with Crippen LogP contribution in [0.15, 0.2) is 41.5 Å². The van der Waals surface area contributed by atoms with E-state index in [-0.39, 0.29) is 5.50 Å². The molecule has 0 saturated heterocycles. The van der Waals surface area contributed by atoms with Gasteiger partial charge in [-0.05, 0) is 6.07 Å². The summed E-state index contributed by atoms with van der Waals surface area (Å²) in [5.74, 6) is 0.770. The third-order valence-corrected chi connectivity index (χ3v) is 3.38. The Morgan fingerprint density at radius 3 is 2.88 bits per heavy atom. The van der Waals surface area contributed by atoms with E-state index in [0.717, 1.165) is 17.1 Å². The van der Waals surface area contributed by atoms with E-state index in [1.165, 1.54) is 0 Å². The largest absolute Gasteiger partial charge is 0.233 e. The molecule has 0 N–H and O–H groups in total. The molecule has 3 rings (SSSR count). The molecule has 0 amide bonds. The monoisotopic (exact) mass is 265 g/mol. The number of hydrogen-bond donors (Lipinski definition) is 0. The lowest BCUT2D eigenvalue weighted by atomic mass is 10.1. The number of aromatic nitrogens is 2. The highest BCUT2D eigenvalue weighted by atomic mass is 35.5. The maximum Gasteiger partial charge on any atom is 0.152 e. The predicted octanol–water partition coefficient (Wildman–Crippen LogP) is 3.80. The van der Waals surface area contributed by atoms with Gasteiger partial charge in [-0.3, -0.25) is 0 Å². The SMILES string of the molecule is Clc1ccccc1C1=Nc2ccnn2C(Cl)C1. The second-order valence-corrected chi connectivity index (χ2v) is 4.72. The van der Waals surface area contributed by atoms with Crippen LogP contribution >= 0.6 is 23.2 Å². The van der Waals surface area contributed by atoms with Gasteiger partial charge in [-0.1, -0.05) is 41.4 Å². The van der Waals surface area contributed by atoms with Gasteiger partial charge in [0.25, 0.3) is 0 Å². The van der Waals surface area contributed by atoms with Gasteiger partial charge in [0, 0.05) is 23.1 Å². The number of rotatable bonds is 1. The van der Waals surface area contributed by atoms with Crippen LogP contribution in [0.4, 0.5) is 5.82 Å². The molecular formula is C12H9Cl2N3. The number of alkyl halides is 1. The van der Waals surface area contributed by atoms with Gasteiger partial charge < -0.3 is 0 Å². The van der Waals surface area contributed by atoms with Crippen molar-refractivity contribution >= 4 is 34.7 Å². The van der Waals surface area contributed by atoms with Crippen LogP contribution in [0.3, 0.4) is 0 Å². The summed E-state index contributed by atoms with van der Waals surface area (Å²) in [6.07, 6.45) is 2.32. The second kappa shape index (κ2) is 4.17. The van der Waals surface area contributed by atoms with Crippen LogP contribution in [-0.4, -0.2) is 15.5 Å². The van der Waals surface area contributed by atoms with Crippen LogP contribution in [0.1, 0.15) is 17.5 Å². The van der Waals surface area contributed by atoms with E-state index in [1.54, 1.807) is 10.9 Å². The second-order valence-electron chi connectivity index (χ2n) is 3.81. The van der Waals surface area contributed by atoms with Crippen LogP contribution in [0.25, 0.3) is 0 Å². The van der Waals surface area contributed by atoms with Gasteiger partial charge in [0.15, 0.2) is 5.82 Å². The lowest BCUT2D eigenvalue weighted by Gasteiger charge is -2.19. The molecule has 0 bridgehead atoms. The summed E-state index contributed by atoms with van der Waals surface area (Å²) in [6, 6.07) is 9.49. The van der Waals surface area contributed by atoms with Crippen molar-refractivity contribution < 1.29 is 0 Å². The minimum absolute atomic E-state index is 0.205. The smallest absolute Gasteiger partial charge is 0.152 e. The van der Waals surface area contributed by atoms with Crippen LogP contribution in [0, 0.1) is 0 Å². The Kier molecular flexibility index (Phi) is 2.65. The first kappa shape index (κ1) is 10.8. The van der Waals surface area contributed by atoms with Crippen LogP contribution in [-0.2, 0) is 0 Å². The van der Waals surface area contributed by atoms with E-state index in [4.69, 9.17) is 23.2 Å². The summed E-state index contributed by atoms with van der Waals surface area (Å²) < 4.78 is 1.71. The zero-order chi connectivity index (χ0) is 11.8. The average molecular weight is 266 g/mol. The van der Waals surface area contributed by atoms with Crippen molar-refractivity contribution in [2.24, 2.45) is 4.99 Å². The number of halogens is 2. The zero-order valence-corrected chi connectivity index (χ0v) is 10.4. The Hall–Kier alpha value is -1.32. The van der Waals surface area contributed by atoms with Crippen LogP contribution in [0.2, 0.25) is 5.02 Å². The molecule has 0 fully saturated rings. The van der Waals surface area contributed by atoms with Gasteiger partial charge in [-0.2, -0.15) is 5.10 Å². The number of benzene rings is 1. The first-order chi connectivity index (χ1) is 8.25. The van der Waals surface area contributed by atoms with Crippen molar-refractivity contribution in [2.45, 2.75) is 11.9 Å². The first-order valence-corrected chi connectivity index (χ1v) is 6.07. The predicted molar refractivity (Wildman–Crippen MR) is 69.4 cm³/mol. The molecule has 0 saturated carbocycles. The molecular weight excluding hydrogens is 257 g/mol. The summed E-state index contributed by atoms with van der Waals surface area (Å²) in [4.78, 5) is 4.54. The molecule has 2 heterocycles. The first-order valence-electron chi connectivity index (χ1n) is 5.26. The number of aliphatic imine (C=N–C) groups is 1. The van der Waals surface area contributed by atoms with Gasteiger partial charge in [0.1, 0.15) is 5.50 Å². The molecule has 0 spiro atoms. The maximum atomic E-state index is 6.26. The Morgan fingerprint density at radius 2 is 2.06 bits per heavy atom. The van der Waals surface area contributed by atoms with Crippen molar-refractivity contribution in [3.05, 3.63) is 47.1 Å². The maximum absolute atomic E-state index is 6.26. The lowest BCUT2D eigenvalue weighted by molar-refractivity contribution is 0.599. The molecule has 3 nitrogen and oxygen atoms in total. The molecule has 1 atom stereocenters. The molecule has 2 aromatic rings. The Morgan fingerprint density at radius 1 is 1.24 bits per heavy atom. The van der Waals surface area contributed by atoms with Gasteiger partial charge in [0.05, 0.1) is 11.9 Å². The quantitative estimate of drug-likeness (QED) is 0.722. The molecule has 1 aromatic heterocycles. The number of fused-ring (bicyclic) bond motifs is 1. The molecule has 0 aliphatic carbocycles. The zero-order valence-electron chi connectivity index (χ0n) is 8.85. The highest BCUT2D eigenvalue weighted by molar-refractivity contribution is 6.34. The van der Waals surface area contributed by atoms with Gasteiger partial charge in [-0.25, -0.2) is 9.67 Å². The molecule has 17 heavy (non-hydrogen) atoms. The average Bonchev–Trinajstić information content (AvgIpc) is 2.78. The molecule has 5 heteroatoms. The van der Waals surface area contributed by atoms with E-state index < -0.39 is 0 Å². The van der Waals surface area contributed by atoms with E-state index in [1.807, 2.05) is 30.3 Å². The molecule has 0 radical (unpaired) electrons. The highest BCUT2D eigenvalue weighted by Gasteiger charge is 2.22. The van der Waals surface area contributed by atoms with Crippen molar-refractivity contribution in [2.75, 3.05) is 0 Å². The summed E-state index contributed by atoms with van der Waals surface area (Å²) in [5, 5.41) is 4.83. The normalized spacial score (nSPS) is 18.7. The van der Waals surface area contributed by atoms with Crippen molar-refractivity contribution in [1.82, 2.24) is 9.78 Å². The lowest BCUT2D eigenvalue weighted by Crippen LogP contribution is -2.16. The fourth-order valence-corrected chi connectivity index (χ4v) is 2.45. The third-order valence-electron chi connectivity index (χ3n) is 2.71. The van der Waals surface area contributed by atoms with E-state index in [9.17, 15) is 0 Å². The van der Waals surface area contributed by atoms with E-state index in [2.05, 4.69) is 10.1 Å². The third kappa shape index (κ3) is 1.85. The minimum atomic E-state index is -0.205. The van der Waals surface area contributed by atoms with Crippen molar-refractivity contribution in [3.63, 3.8) is 0 Å². The molecule has 1 aliphatic rings. The van der Waals surface area contributed by atoms with Crippen molar-refractivity contribution in [1.29, 1.82) is 0 Å². The van der Waals surface area contributed by atoms with E-state index in [0.29, 0.717) is 11.4 Å². The summed E-state index contributed by atoms with van der Waals surface area (Å²) in [6.45, 7) is 0. The fourth-order valence-electron chi connectivity index (χ4n) is 1.91. The topological polar surface area (TPSA) is 30.2 Å². The summed E-state index contributed by atoms with van der Waals surface area (Å²) in [7, 11) is 0. The Labute approximate surface area is 109 Å². The fraction of sp³-hybridized carbons (Fsp3) is 0.167. The number of hydrogen-bond acceptors (Lipinski definition) is 2. The molecule has 86 valence electrons. The minimum Gasteiger partial charge on any atom is -0.233 e.